The summed E-state index contributed by atoms with van der Waals surface area (Å²) in [6.07, 6.45) is 9.29. The van der Waals surface area contributed by atoms with Crippen LogP contribution < -0.4 is 0 Å². The Morgan fingerprint density at radius 3 is 2.62 bits per heavy atom. The van der Waals surface area contributed by atoms with Gasteiger partial charge in [0.2, 0.25) is 10.0 Å². The van der Waals surface area contributed by atoms with Crippen LogP contribution in [0.2, 0.25) is 0 Å². The van der Waals surface area contributed by atoms with Crippen LogP contribution in [0, 0.1) is 0 Å². The highest BCUT2D eigenvalue weighted by Crippen LogP contribution is 2.39. The minimum Gasteiger partial charge on any atom is -0.297 e. The van der Waals surface area contributed by atoms with Crippen molar-refractivity contribution in [1.29, 1.82) is 0 Å². The third-order valence-corrected chi connectivity index (χ3v) is 6.10. The van der Waals surface area contributed by atoms with Gasteiger partial charge in [0.25, 0.3) is 0 Å². The lowest BCUT2D eigenvalue weighted by molar-refractivity contribution is 0.0841. The van der Waals surface area contributed by atoms with Crippen LogP contribution in [0.3, 0.4) is 0 Å². The number of aryl methyl sites for hydroxylation is 1. The van der Waals surface area contributed by atoms with Crippen LogP contribution in [0.15, 0.2) is 12.4 Å². The zero-order valence-corrected chi connectivity index (χ0v) is 13.6. The predicted molar refractivity (Wildman–Crippen MR) is 81.2 cm³/mol. The Bertz CT molecular complexity index is 612. The molecule has 0 amide bonds. The van der Waals surface area contributed by atoms with Crippen LogP contribution >= 0.6 is 0 Å². The number of likely N-dealkylation sites (tertiary alicyclic amines) is 1. The van der Waals surface area contributed by atoms with E-state index < -0.39 is 10.0 Å². The molecule has 0 unspecified atom stereocenters. The van der Waals surface area contributed by atoms with Crippen LogP contribution in [0.25, 0.3) is 0 Å². The van der Waals surface area contributed by atoms with Gasteiger partial charge in [0.05, 0.1) is 12.5 Å². The number of nitrogens with zero attached hydrogens (tertiary/aromatic N) is 4. The van der Waals surface area contributed by atoms with Crippen molar-refractivity contribution in [3.05, 3.63) is 18.0 Å². The topological polar surface area (TPSA) is 58.4 Å². The van der Waals surface area contributed by atoms with E-state index in [0.717, 1.165) is 45.3 Å². The third kappa shape index (κ3) is 3.00. The molecule has 0 N–H and O–H groups in total. The minimum atomic E-state index is -3.11. The molecule has 7 heteroatoms. The number of piperidine rings is 1. The summed E-state index contributed by atoms with van der Waals surface area (Å²) < 4.78 is 27.7. The lowest BCUT2D eigenvalue weighted by Gasteiger charge is -2.44. The zero-order chi connectivity index (χ0) is 15.1. The van der Waals surface area contributed by atoms with Crippen molar-refractivity contribution in [2.24, 2.45) is 7.05 Å². The van der Waals surface area contributed by atoms with Crippen molar-refractivity contribution in [1.82, 2.24) is 19.0 Å². The third-order valence-electron chi connectivity index (χ3n) is 4.73. The maximum atomic E-state index is 12.1. The molecule has 2 aliphatic rings. The van der Waals surface area contributed by atoms with Crippen molar-refractivity contribution in [2.45, 2.75) is 37.8 Å². The van der Waals surface area contributed by atoms with Gasteiger partial charge in [-0.05, 0) is 32.2 Å². The van der Waals surface area contributed by atoms with Gasteiger partial charge in [0, 0.05) is 44.0 Å². The molecule has 2 aliphatic heterocycles. The van der Waals surface area contributed by atoms with E-state index in [-0.39, 0.29) is 5.54 Å². The molecular formula is C14H24N4O2S. The molecule has 1 aromatic rings. The fourth-order valence-electron chi connectivity index (χ4n) is 3.99. The summed E-state index contributed by atoms with van der Waals surface area (Å²) in [5.41, 5.74) is 1.02. The van der Waals surface area contributed by atoms with Gasteiger partial charge in [0.1, 0.15) is 0 Å². The van der Waals surface area contributed by atoms with E-state index in [9.17, 15) is 8.42 Å². The molecule has 1 atom stereocenters. The molecule has 0 bridgehead atoms. The Balaban J connectivity index is 1.76. The molecule has 118 valence electrons. The summed E-state index contributed by atoms with van der Waals surface area (Å²) >= 11 is 0. The monoisotopic (exact) mass is 312 g/mol. The first-order chi connectivity index (χ1) is 9.89. The second-order valence-corrected chi connectivity index (χ2v) is 8.41. The molecule has 1 aromatic heterocycles. The largest absolute Gasteiger partial charge is 0.297 e. The maximum absolute atomic E-state index is 12.1. The summed E-state index contributed by atoms with van der Waals surface area (Å²) in [6.45, 7) is 3.41. The Hall–Kier alpha value is -0.920. The highest BCUT2D eigenvalue weighted by molar-refractivity contribution is 7.88. The quantitative estimate of drug-likeness (QED) is 0.829. The van der Waals surface area contributed by atoms with E-state index in [4.69, 9.17) is 0 Å². The molecule has 0 saturated carbocycles. The lowest BCUT2D eigenvalue weighted by Crippen LogP contribution is -2.56. The zero-order valence-electron chi connectivity index (χ0n) is 12.8. The molecule has 0 aliphatic carbocycles. The second-order valence-electron chi connectivity index (χ2n) is 6.50. The van der Waals surface area contributed by atoms with Crippen LogP contribution in [0.5, 0.6) is 0 Å². The van der Waals surface area contributed by atoms with E-state index in [2.05, 4.69) is 10.00 Å². The number of sulfonamides is 1. The highest BCUT2D eigenvalue weighted by atomic mass is 32.2. The average molecular weight is 312 g/mol. The molecule has 3 heterocycles. The Morgan fingerprint density at radius 1 is 1.29 bits per heavy atom. The molecule has 6 nitrogen and oxygen atoms in total. The van der Waals surface area contributed by atoms with Gasteiger partial charge >= 0.3 is 0 Å². The van der Waals surface area contributed by atoms with Crippen molar-refractivity contribution >= 4 is 10.0 Å². The van der Waals surface area contributed by atoms with Gasteiger partial charge in [-0.15, -0.1) is 0 Å². The van der Waals surface area contributed by atoms with Gasteiger partial charge in [0.15, 0.2) is 0 Å². The van der Waals surface area contributed by atoms with Crippen LogP contribution in [0.1, 0.15) is 31.2 Å². The SMILES string of the molecule is Cn1cc(CN2CCC[C@@]3(CCCN3S(C)(=O)=O)C2)cn1. The second kappa shape index (κ2) is 5.37. The molecule has 21 heavy (non-hydrogen) atoms. The van der Waals surface area contributed by atoms with E-state index >= 15 is 0 Å². The van der Waals surface area contributed by atoms with E-state index in [1.54, 1.807) is 4.31 Å². The fourth-order valence-corrected chi connectivity index (χ4v) is 5.40. The molecule has 1 spiro atoms. The minimum absolute atomic E-state index is 0.173. The summed E-state index contributed by atoms with van der Waals surface area (Å²) in [6, 6.07) is 0. The van der Waals surface area contributed by atoms with Gasteiger partial charge in [-0.1, -0.05) is 0 Å². The summed E-state index contributed by atoms with van der Waals surface area (Å²) in [5, 5.41) is 4.21. The highest BCUT2D eigenvalue weighted by Gasteiger charge is 2.47. The standard InChI is InChI=1S/C14H24N4O2S/c1-16-10-13(9-15-16)11-17-7-3-5-14(12-17)6-4-8-18(14)21(2,19)20/h9-10H,3-8,11-12H2,1-2H3/t14-/m1/s1. The van der Waals surface area contributed by atoms with Crippen LogP contribution in [-0.2, 0) is 23.6 Å². The van der Waals surface area contributed by atoms with E-state index in [0.29, 0.717) is 6.54 Å². The molecule has 3 rings (SSSR count). The number of aromatic nitrogens is 2. The molecule has 2 saturated heterocycles. The van der Waals surface area contributed by atoms with E-state index in [1.807, 2.05) is 24.1 Å². The molecule has 0 radical (unpaired) electrons. The van der Waals surface area contributed by atoms with E-state index in [1.165, 1.54) is 11.8 Å². The van der Waals surface area contributed by atoms with Crippen molar-refractivity contribution < 1.29 is 8.42 Å². The van der Waals surface area contributed by atoms with Gasteiger partial charge in [-0.3, -0.25) is 9.58 Å². The van der Waals surface area contributed by atoms with Crippen molar-refractivity contribution in [3.8, 4) is 0 Å². The smallest absolute Gasteiger partial charge is 0.211 e. The molecular weight excluding hydrogens is 288 g/mol. The summed E-state index contributed by atoms with van der Waals surface area (Å²) in [4.78, 5) is 2.38. The number of hydrogen-bond acceptors (Lipinski definition) is 4. The average Bonchev–Trinajstić information content (AvgIpc) is 2.96. The fraction of sp³-hybridized carbons (Fsp3) is 0.786. The Kier molecular flexibility index (Phi) is 3.83. The van der Waals surface area contributed by atoms with Gasteiger partial charge in [-0.2, -0.15) is 9.40 Å². The predicted octanol–water partition coefficient (Wildman–Crippen LogP) is 0.810. The molecule has 2 fully saturated rings. The normalized spacial score (nSPS) is 28.5. The van der Waals surface area contributed by atoms with Crippen LogP contribution in [-0.4, -0.2) is 58.8 Å². The van der Waals surface area contributed by atoms with Crippen molar-refractivity contribution in [3.63, 3.8) is 0 Å². The number of rotatable bonds is 3. The summed E-state index contributed by atoms with van der Waals surface area (Å²) in [7, 11) is -1.19. The summed E-state index contributed by atoms with van der Waals surface area (Å²) in [5.74, 6) is 0. The van der Waals surface area contributed by atoms with Crippen LogP contribution in [0.4, 0.5) is 0 Å². The maximum Gasteiger partial charge on any atom is 0.211 e. The number of hydrogen-bond donors (Lipinski definition) is 0. The first-order valence-electron chi connectivity index (χ1n) is 7.57. The first kappa shape index (κ1) is 15.0. The van der Waals surface area contributed by atoms with Crippen molar-refractivity contribution in [2.75, 3.05) is 25.9 Å². The Morgan fingerprint density at radius 2 is 2.00 bits per heavy atom. The van der Waals surface area contributed by atoms with Gasteiger partial charge in [-0.25, -0.2) is 8.42 Å². The Labute approximate surface area is 126 Å². The molecule has 0 aromatic carbocycles. The first-order valence-corrected chi connectivity index (χ1v) is 9.42. The van der Waals surface area contributed by atoms with Gasteiger partial charge < -0.3 is 0 Å². The lowest BCUT2D eigenvalue weighted by atomic mass is 9.87.